The van der Waals surface area contributed by atoms with E-state index in [2.05, 4.69) is 34.6 Å². The van der Waals surface area contributed by atoms with Crippen LogP contribution in [0.3, 0.4) is 0 Å². The third-order valence-corrected chi connectivity index (χ3v) is 8.47. The fourth-order valence-electron chi connectivity index (χ4n) is 5.52. The lowest BCUT2D eigenvalue weighted by Gasteiger charge is -2.18. The molecule has 0 heterocycles. The van der Waals surface area contributed by atoms with Crippen LogP contribution in [0.25, 0.3) is 0 Å². The van der Waals surface area contributed by atoms with Crippen LogP contribution in [-0.4, -0.2) is 37.2 Å². The van der Waals surface area contributed by atoms with Crippen LogP contribution in [0.5, 0.6) is 0 Å². The van der Waals surface area contributed by atoms with Crippen LogP contribution in [0.1, 0.15) is 202 Å². The Morgan fingerprint density at radius 3 is 1.09 bits per heavy atom. The Morgan fingerprint density at radius 2 is 0.733 bits per heavy atom. The van der Waals surface area contributed by atoms with E-state index in [1.54, 1.807) is 0 Å². The van der Waals surface area contributed by atoms with E-state index in [4.69, 9.17) is 14.2 Å². The number of hydrogen-bond donors (Lipinski definition) is 0. The second-order valence-electron chi connectivity index (χ2n) is 14.2. The van der Waals surface area contributed by atoms with Crippen molar-refractivity contribution >= 4 is 17.9 Å². The highest BCUT2D eigenvalue weighted by Crippen LogP contribution is 2.15. The third-order valence-electron chi connectivity index (χ3n) is 8.47. The highest BCUT2D eigenvalue weighted by Gasteiger charge is 2.19. The van der Waals surface area contributed by atoms with Crippen molar-refractivity contribution in [1.29, 1.82) is 0 Å². The maximum absolute atomic E-state index is 12.6. The van der Waals surface area contributed by atoms with Gasteiger partial charge in [0.15, 0.2) is 6.10 Å². The first-order chi connectivity index (χ1) is 21.7. The highest BCUT2D eigenvalue weighted by molar-refractivity contribution is 5.71. The second kappa shape index (κ2) is 32.4. The molecule has 0 saturated heterocycles. The van der Waals surface area contributed by atoms with Gasteiger partial charge in [0.05, 0.1) is 0 Å². The Bertz CT molecular complexity index is 689. The standard InChI is InChI=1S/C39H74O6/c1-6-7-8-9-12-19-24-29-37(40)43-32-36(45-39(42)31-26-21-16-15-18-23-28-35(4)5)33-44-38(41)30-25-20-14-11-10-13-17-22-27-34(2)3/h34-36H,6-33H2,1-5H3/t36-/m0/s1. The summed E-state index contributed by atoms with van der Waals surface area (Å²) in [6, 6.07) is 0. The predicted octanol–water partition coefficient (Wildman–Crippen LogP) is 11.5. The third kappa shape index (κ3) is 33.6. The summed E-state index contributed by atoms with van der Waals surface area (Å²) in [6.45, 7) is 11.2. The summed E-state index contributed by atoms with van der Waals surface area (Å²) in [4.78, 5) is 37.3. The monoisotopic (exact) mass is 639 g/mol. The molecular formula is C39H74O6. The molecule has 0 spiro atoms. The first kappa shape index (κ1) is 43.4. The van der Waals surface area contributed by atoms with Crippen molar-refractivity contribution in [3.05, 3.63) is 0 Å². The molecule has 45 heavy (non-hydrogen) atoms. The van der Waals surface area contributed by atoms with E-state index in [-0.39, 0.29) is 31.1 Å². The topological polar surface area (TPSA) is 78.9 Å². The summed E-state index contributed by atoms with van der Waals surface area (Å²) in [5, 5.41) is 0. The van der Waals surface area contributed by atoms with Crippen LogP contribution in [0.4, 0.5) is 0 Å². The lowest BCUT2D eigenvalue weighted by molar-refractivity contribution is -0.167. The van der Waals surface area contributed by atoms with E-state index < -0.39 is 6.10 Å². The molecule has 0 bridgehead atoms. The molecule has 0 aromatic carbocycles. The van der Waals surface area contributed by atoms with E-state index in [1.807, 2.05) is 0 Å². The van der Waals surface area contributed by atoms with Gasteiger partial charge in [-0.3, -0.25) is 14.4 Å². The van der Waals surface area contributed by atoms with E-state index in [0.717, 1.165) is 69.6 Å². The van der Waals surface area contributed by atoms with Crippen molar-refractivity contribution in [2.75, 3.05) is 13.2 Å². The van der Waals surface area contributed by atoms with Gasteiger partial charge in [0.1, 0.15) is 13.2 Å². The largest absolute Gasteiger partial charge is 0.462 e. The van der Waals surface area contributed by atoms with Crippen molar-refractivity contribution in [2.45, 2.75) is 208 Å². The van der Waals surface area contributed by atoms with Crippen LogP contribution < -0.4 is 0 Å². The van der Waals surface area contributed by atoms with Gasteiger partial charge in [0, 0.05) is 19.3 Å². The lowest BCUT2D eigenvalue weighted by Crippen LogP contribution is -2.30. The lowest BCUT2D eigenvalue weighted by atomic mass is 10.0. The average Bonchev–Trinajstić information content (AvgIpc) is 2.99. The van der Waals surface area contributed by atoms with Crippen molar-refractivity contribution in [1.82, 2.24) is 0 Å². The number of rotatable bonds is 33. The first-order valence-electron chi connectivity index (χ1n) is 19.2. The van der Waals surface area contributed by atoms with Gasteiger partial charge in [-0.1, -0.05) is 163 Å². The smallest absolute Gasteiger partial charge is 0.306 e. The molecule has 0 radical (unpaired) electrons. The van der Waals surface area contributed by atoms with Crippen molar-refractivity contribution < 1.29 is 28.6 Å². The zero-order chi connectivity index (χ0) is 33.4. The number of esters is 3. The number of ether oxygens (including phenoxy) is 3. The number of carbonyl (C=O) groups excluding carboxylic acids is 3. The van der Waals surface area contributed by atoms with Crippen LogP contribution in [-0.2, 0) is 28.6 Å². The van der Waals surface area contributed by atoms with Crippen LogP contribution in [0.15, 0.2) is 0 Å². The van der Waals surface area contributed by atoms with Gasteiger partial charge in [-0.2, -0.15) is 0 Å². The number of hydrogen-bond acceptors (Lipinski definition) is 6. The molecule has 1 atom stereocenters. The molecule has 0 aromatic rings. The maximum Gasteiger partial charge on any atom is 0.306 e. The summed E-state index contributed by atoms with van der Waals surface area (Å²) in [5.74, 6) is 0.675. The van der Waals surface area contributed by atoms with E-state index in [0.29, 0.717) is 19.3 Å². The molecule has 0 rings (SSSR count). The van der Waals surface area contributed by atoms with E-state index >= 15 is 0 Å². The molecule has 266 valence electrons. The number of carbonyl (C=O) groups is 3. The molecule has 0 aliphatic rings. The summed E-state index contributed by atoms with van der Waals surface area (Å²) in [5.41, 5.74) is 0. The Balaban J connectivity index is 4.34. The van der Waals surface area contributed by atoms with Crippen LogP contribution in [0, 0.1) is 11.8 Å². The van der Waals surface area contributed by atoms with Gasteiger partial charge in [-0.05, 0) is 31.1 Å². The summed E-state index contributed by atoms with van der Waals surface area (Å²) in [7, 11) is 0. The summed E-state index contributed by atoms with van der Waals surface area (Å²) < 4.78 is 16.5. The fourth-order valence-corrected chi connectivity index (χ4v) is 5.52. The van der Waals surface area contributed by atoms with Gasteiger partial charge in [0.2, 0.25) is 0 Å². The molecule has 0 fully saturated rings. The van der Waals surface area contributed by atoms with Gasteiger partial charge in [0.25, 0.3) is 0 Å². The summed E-state index contributed by atoms with van der Waals surface area (Å²) >= 11 is 0. The van der Waals surface area contributed by atoms with Crippen molar-refractivity contribution in [3.8, 4) is 0 Å². The SMILES string of the molecule is CCCCCCCCCC(=O)OC[C@@H](COC(=O)CCCCCCCCCCC(C)C)OC(=O)CCCCCCCCC(C)C. The van der Waals surface area contributed by atoms with Crippen molar-refractivity contribution in [2.24, 2.45) is 11.8 Å². The minimum absolute atomic E-state index is 0.0679. The van der Waals surface area contributed by atoms with Gasteiger partial charge in [-0.15, -0.1) is 0 Å². The molecule has 0 saturated carbocycles. The van der Waals surface area contributed by atoms with Crippen LogP contribution in [0.2, 0.25) is 0 Å². The zero-order valence-corrected chi connectivity index (χ0v) is 30.5. The van der Waals surface area contributed by atoms with Gasteiger partial charge >= 0.3 is 17.9 Å². The maximum atomic E-state index is 12.6. The Morgan fingerprint density at radius 1 is 0.422 bits per heavy atom. The minimum Gasteiger partial charge on any atom is -0.462 e. The quantitative estimate of drug-likeness (QED) is 0.0404. The molecular weight excluding hydrogens is 564 g/mol. The Labute approximate surface area is 278 Å². The highest BCUT2D eigenvalue weighted by atomic mass is 16.6. The molecule has 6 heteroatoms. The average molecular weight is 639 g/mol. The fraction of sp³-hybridized carbons (Fsp3) is 0.923. The predicted molar refractivity (Wildman–Crippen MR) is 187 cm³/mol. The van der Waals surface area contributed by atoms with Crippen LogP contribution >= 0.6 is 0 Å². The zero-order valence-electron chi connectivity index (χ0n) is 30.5. The molecule has 0 aromatic heterocycles. The molecule has 6 nitrogen and oxygen atoms in total. The number of unbranched alkanes of at least 4 members (excludes halogenated alkanes) is 18. The Hall–Kier alpha value is -1.59. The summed E-state index contributed by atoms with van der Waals surface area (Å²) in [6.07, 6.45) is 26.9. The van der Waals surface area contributed by atoms with Gasteiger partial charge in [-0.25, -0.2) is 0 Å². The normalized spacial score (nSPS) is 12.1. The molecule has 0 N–H and O–H groups in total. The van der Waals surface area contributed by atoms with Gasteiger partial charge < -0.3 is 14.2 Å². The molecule has 0 unspecified atom stereocenters. The molecule has 0 amide bonds. The minimum atomic E-state index is -0.758. The Kier molecular flexibility index (Phi) is 31.2. The second-order valence-corrected chi connectivity index (χ2v) is 14.2. The van der Waals surface area contributed by atoms with E-state index in [1.165, 1.54) is 89.9 Å². The molecule has 0 aliphatic heterocycles. The molecule has 0 aliphatic carbocycles. The van der Waals surface area contributed by atoms with E-state index in [9.17, 15) is 14.4 Å². The van der Waals surface area contributed by atoms with Crippen molar-refractivity contribution in [3.63, 3.8) is 0 Å². The first-order valence-corrected chi connectivity index (χ1v) is 19.2.